The fraction of sp³-hybridized carbons (Fsp3) is 0.222. The third-order valence-electron chi connectivity index (χ3n) is 2.34. The maximum atomic E-state index is 11.9. The summed E-state index contributed by atoms with van der Waals surface area (Å²) in [6.07, 6.45) is 4.43. The Balaban J connectivity index is 2.06. The van der Waals surface area contributed by atoms with Crippen LogP contribution in [0.1, 0.15) is 16.1 Å². The van der Waals surface area contributed by atoms with Crippen LogP contribution in [0, 0.1) is 0 Å². The van der Waals surface area contributed by atoms with E-state index in [-0.39, 0.29) is 6.54 Å². The number of sulfonamides is 1. The lowest BCUT2D eigenvalue weighted by Gasteiger charge is -2.04. The van der Waals surface area contributed by atoms with Gasteiger partial charge in [0.05, 0.1) is 12.5 Å². The Bertz CT molecular complexity index is 661. The highest BCUT2D eigenvalue weighted by Crippen LogP contribution is 2.11. The molecule has 0 radical (unpaired) electrons. The van der Waals surface area contributed by atoms with Gasteiger partial charge in [-0.15, -0.1) is 0 Å². The van der Waals surface area contributed by atoms with Crippen molar-refractivity contribution in [1.29, 1.82) is 0 Å². The first-order valence-corrected chi connectivity index (χ1v) is 6.72. The summed E-state index contributed by atoms with van der Waals surface area (Å²) in [7, 11) is -3.93. The summed E-state index contributed by atoms with van der Waals surface area (Å²) < 4.78 is 26.0. The van der Waals surface area contributed by atoms with Gasteiger partial charge in [0.15, 0.2) is 5.03 Å². The number of hydrogen-bond acceptors (Lipinski definition) is 5. The van der Waals surface area contributed by atoms with Gasteiger partial charge in [0.2, 0.25) is 0 Å². The fourth-order valence-electron chi connectivity index (χ4n) is 1.45. The third kappa shape index (κ3) is 2.98. The normalized spacial score (nSPS) is 11.6. The molecule has 4 N–H and O–H groups in total. The van der Waals surface area contributed by atoms with Crippen LogP contribution in [0.15, 0.2) is 23.7 Å². The van der Waals surface area contributed by atoms with Crippen LogP contribution >= 0.6 is 0 Å². The van der Waals surface area contributed by atoms with Crippen LogP contribution in [0.3, 0.4) is 0 Å². The van der Waals surface area contributed by atoms with Crippen LogP contribution in [0.5, 0.6) is 0 Å². The molecule has 0 fully saturated rings. The number of carbonyl (C=O) groups is 1. The van der Waals surface area contributed by atoms with Crippen LogP contribution in [-0.4, -0.2) is 46.2 Å². The number of H-pyrrole nitrogens is 2. The van der Waals surface area contributed by atoms with Crippen LogP contribution in [0.25, 0.3) is 0 Å². The van der Waals surface area contributed by atoms with Gasteiger partial charge in [-0.25, -0.2) is 22.9 Å². The third-order valence-corrected chi connectivity index (χ3v) is 3.78. The molecule has 0 unspecified atom stereocenters. The molecular formula is C9H11N5O4S. The van der Waals surface area contributed by atoms with Gasteiger partial charge in [-0.2, -0.15) is 5.10 Å². The largest absolute Gasteiger partial charge is 0.478 e. The van der Waals surface area contributed by atoms with E-state index in [4.69, 9.17) is 5.11 Å². The number of carboxylic acids is 1. The van der Waals surface area contributed by atoms with Crippen LogP contribution in [-0.2, 0) is 16.4 Å². The van der Waals surface area contributed by atoms with E-state index in [0.29, 0.717) is 6.42 Å². The number of hydrogen-bond donors (Lipinski definition) is 4. The Hall–Kier alpha value is -2.20. The van der Waals surface area contributed by atoms with Crippen molar-refractivity contribution < 1.29 is 18.3 Å². The highest BCUT2D eigenvalue weighted by Gasteiger charge is 2.24. The summed E-state index contributed by atoms with van der Waals surface area (Å²) in [5, 5.41) is 14.0. The highest BCUT2D eigenvalue weighted by molar-refractivity contribution is 7.89. The topological polar surface area (TPSA) is 141 Å². The maximum Gasteiger partial charge on any atom is 0.340 e. The molecular weight excluding hydrogens is 274 g/mol. The van der Waals surface area contributed by atoms with Crippen molar-refractivity contribution in [3.63, 3.8) is 0 Å². The highest BCUT2D eigenvalue weighted by atomic mass is 32.2. The molecule has 0 bridgehead atoms. The number of carboxylic acid groups (broad SMARTS) is 1. The van der Waals surface area contributed by atoms with Crippen molar-refractivity contribution in [1.82, 2.24) is 24.9 Å². The molecule has 0 aromatic carbocycles. The van der Waals surface area contributed by atoms with Crippen molar-refractivity contribution in [3.8, 4) is 0 Å². The zero-order chi connectivity index (χ0) is 13.9. The summed E-state index contributed by atoms with van der Waals surface area (Å²) in [5.41, 5.74) is 0.375. The van der Waals surface area contributed by atoms with Gasteiger partial charge in [-0.1, -0.05) is 0 Å². The molecule has 102 valence electrons. The average molecular weight is 285 g/mol. The Morgan fingerprint density at radius 3 is 2.84 bits per heavy atom. The minimum absolute atomic E-state index is 0.114. The molecule has 19 heavy (non-hydrogen) atoms. The lowest BCUT2D eigenvalue weighted by atomic mass is 10.3. The first-order chi connectivity index (χ1) is 9.00. The molecule has 0 spiro atoms. The number of imidazole rings is 1. The Labute approximate surface area is 108 Å². The average Bonchev–Trinajstić information content (AvgIpc) is 2.99. The summed E-state index contributed by atoms with van der Waals surface area (Å²) in [5.74, 6) is -1.36. The Kier molecular flexibility index (Phi) is 3.62. The van der Waals surface area contributed by atoms with E-state index in [9.17, 15) is 13.2 Å². The summed E-state index contributed by atoms with van der Waals surface area (Å²) in [6.45, 7) is 0.114. The predicted octanol–water partition coefficient (Wildman–Crippen LogP) is -0.648. The molecule has 2 rings (SSSR count). The van der Waals surface area contributed by atoms with Gasteiger partial charge < -0.3 is 10.1 Å². The molecule has 0 saturated heterocycles. The number of aromatic nitrogens is 4. The Morgan fingerprint density at radius 1 is 1.42 bits per heavy atom. The maximum absolute atomic E-state index is 11.9. The van der Waals surface area contributed by atoms with E-state index in [2.05, 4.69) is 24.9 Å². The molecule has 2 aromatic heterocycles. The fourth-order valence-corrected chi connectivity index (χ4v) is 2.56. The molecule has 0 amide bonds. The molecule has 10 heteroatoms. The van der Waals surface area contributed by atoms with Crippen molar-refractivity contribution >= 4 is 16.0 Å². The van der Waals surface area contributed by atoms with E-state index in [1.807, 2.05) is 0 Å². The van der Waals surface area contributed by atoms with Gasteiger partial charge in [0.1, 0.15) is 5.56 Å². The zero-order valence-electron chi connectivity index (χ0n) is 9.62. The molecule has 9 nitrogen and oxygen atoms in total. The van der Waals surface area contributed by atoms with Crippen LogP contribution < -0.4 is 4.72 Å². The monoisotopic (exact) mass is 285 g/mol. The SMILES string of the molecule is O=C(O)c1cn[nH]c1S(=O)(=O)NCCc1cnc[nH]1. The molecule has 0 aliphatic rings. The molecule has 2 heterocycles. The lowest BCUT2D eigenvalue weighted by Crippen LogP contribution is -2.27. The van der Waals surface area contributed by atoms with Crippen molar-refractivity contribution in [2.24, 2.45) is 0 Å². The van der Waals surface area contributed by atoms with Crippen molar-refractivity contribution in [2.45, 2.75) is 11.4 Å². The first-order valence-electron chi connectivity index (χ1n) is 5.24. The molecule has 0 aliphatic carbocycles. The zero-order valence-corrected chi connectivity index (χ0v) is 10.4. The number of nitrogens with zero attached hydrogens (tertiary/aromatic N) is 2. The minimum atomic E-state index is -3.93. The van der Waals surface area contributed by atoms with Crippen LogP contribution in [0.4, 0.5) is 0 Å². The van der Waals surface area contributed by atoms with Gasteiger partial charge in [0.25, 0.3) is 10.0 Å². The van der Waals surface area contributed by atoms with Gasteiger partial charge in [-0.3, -0.25) is 5.10 Å². The standard InChI is InChI=1S/C9H11N5O4S/c15-9(16)7-4-12-14-8(7)19(17,18)13-2-1-6-3-10-5-11-6/h3-5,13H,1-2H2,(H,10,11)(H,12,14)(H,15,16). The van der Waals surface area contributed by atoms with E-state index >= 15 is 0 Å². The summed E-state index contributed by atoms with van der Waals surface area (Å²) in [4.78, 5) is 17.4. The van der Waals surface area contributed by atoms with Crippen molar-refractivity contribution in [2.75, 3.05) is 6.54 Å². The predicted molar refractivity (Wildman–Crippen MR) is 63.0 cm³/mol. The summed E-state index contributed by atoms with van der Waals surface area (Å²) in [6, 6.07) is 0. The van der Waals surface area contributed by atoms with Gasteiger partial charge in [-0.05, 0) is 0 Å². The van der Waals surface area contributed by atoms with Crippen molar-refractivity contribution in [3.05, 3.63) is 30.0 Å². The lowest BCUT2D eigenvalue weighted by molar-refractivity contribution is 0.0692. The van der Waals surface area contributed by atoms with E-state index in [1.54, 1.807) is 6.20 Å². The quantitative estimate of drug-likeness (QED) is 0.556. The number of aromatic carboxylic acids is 1. The van der Waals surface area contributed by atoms with Crippen LogP contribution in [0.2, 0.25) is 0 Å². The second-order valence-corrected chi connectivity index (χ2v) is 5.35. The second-order valence-electron chi connectivity index (χ2n) is 3.64. The van der Waals surface area contributed by atoms with Gasteiger partial charge in [0, 0.05) is 24.9 Å². The van der Waals surface area contributed by atoms with E-state index < -0.39 is 26.6 Å². The summed E-state index contributed by atoms with van der Waals surface area (Å²) >= 11 is 0. The number of aromatic amines is 2. The second kappa shape index (κ2) is 5.20. The first kappa shape index (κ1) is 13.2. The molecule has 0 atom stereocenters. The molecule has 2 aromatic rings. The molecule has 0 aliphatic heterocycles. The van der Waals surface area contributed by atoms with Gasteiger partial charge >= 0.3 is 5.97 Å². The van der Waals surface area contributed by atoms with E-state index in [1.165, 1.54) is 6.33 Å². The number of nitrogens with one attached hydrogen (secondary N) is 3. The Morgan fingerprint density at radius 2 is 2.21 bits per heavy atom. The minimum Gasteiger partial charge on any atom is -0.478 e. The van der Waals surface area contributed by atoms with E-state index in [0.717, 1.165) is 11.9 Å². The smallest absolute Gasteiger partial charge is 0.340 e. The molecule has 0 saturated carbocycles. The number of rotatable bonds is 6.